The zero-order valence-electron chi connectivity index (χ0n) is 12.5. The molecule has 1 aromatic heterocycles. The Bertz CT molecular complexity index is 361. The Balaban J connectivity index is 2.98. The van der Waals surface area contributed by atoms with E-state index < -0.39 is 0 Å². The average Bonchev–Trinajstić information content (AvgIpc) is 2.77. The van der Waals surface area contributed by atoms with Crippen LogP contribution in [-0.4, -0.2) is 24.0 Å². The minimum absolute atomic E-state index is 0.351. The third-order valence-corrected chi connectivity index (χ3v) is 5.26. The zero-order chi connectivity index (χ0) is 14.4. The highest BCUT2D eigenvalue weighted by Gasteiger charge is 2.26. The third-order valence-electron chi connectivity index (χ3n) is 3.53. The standard InChI is InChI=1S/C15H27BrN2S/c1-5-12(6-2)18(10-11(3)4)13(9-17)14-7-8-15(16)19-14/h7-8,11-13H,5-6,9-10,17H2,1-4H3. The lowest BCUT2D eigenvalue weighted by molar-refractivity contribution is 0.114. The maximum absolute atomic E-state index is 6.09. The van der Waals surface area contributed by atoms with Crippen molar-refractivity contribution in [1.29, 1.82) is 0 Å². The number of hydrogen-bond donors (Lipinski definition) is 1. The van der Waals surface area contributed by atoms with Crippen LogP contribution < -0.4 is 5.73 Å². The quantitative estimate of drug-likeness (QED) is 0.741. The molecule has 1 rings (SSSR count). The SMILES string of the molecule is CCC(CC)N(CC(C)C)C(CN)c1ccc(Br)s1. The molecule has 0 saturated carbocycles. The lowest BCUT2D eigenvalue weighted by atomic mass is 10.0. The Morgan fingerprint density at radius 1 is 1.26 bits per heavy atom. The summed E-state index contributed by atoms with van der Waals surface area (Å²) in [4.78, 5) is 3.99. The van der Waals surface area contributed by atoms with Crippen molar-refractivity contribution in [3.8, 4) is 0 Å². The van der Waals surface area contributed by atoms with Gasteiger partial charge in [0.15, 0.2) is 0 Å². The molecular weight excluding hydrogens is 320 g/mol. The van der Waals surface area contributed by atoms with Crippen molar-refractivity contribution < 1.29 is 0 Å². The molecule has 0 fully saturated rings. The number of thiophene rings is 1. The summed E-state index contributed by atoms with van der Waals surface area (Å²) in [6.45, 7) is 10.9. The molecule has 0 aliphatic rings. The second-order valence-corrected chi connectivity index (χ2v) is 7.95. The van der Waals surface area contributed by atoms with Gasteiger partial charge in [0.1, 0.15) is 0 Å². The van der Waals surface area contributed by atoms with Crippen molar-refractivity contribution in [2.45, 2.75) is 52.6 Å². The number of rotatable bonds is 8. The van der Waals surface area contributed by atoms with Gasteiger partial charge in [0.05, 0.1) is 9.83 Å². The predicted octanol–water partition coefficient (Wildman–Crippen LogP) is 4.66. The van der Waals surface area contributed by atoms with E-state index in [1.54, 1.807) is 0 Å². The van der Waals surface area contributed by atoms with Gasteiger partial charge >= 0.3 is 0 Å². The van der Waals surface area contributed by atoms with E-state index in [4.69, 9.17) is 5.73 Å². The van der Waals surface area contributed by atoms with E-state index in [0.29, 0.717) is 24.5 Å². The van der Waals surface area contributed by atoms with Crippen LogP contribution >= 0.6 is 27.3 Å². The first kappa shape index (κ1) is 17.2. The van der Waals surface area contributed by atoms with Crippen LogP contribution in [0.1, 0.15) is 51.5 Å². The summed E-state index contributed by atoms with van der Waals surface area (Å²) in [5, 5.41) is 0. The molecule has 0 bridgehead atoms. The van der Waals surface area contributed by atoms with Crippen LogP contribution in [0.3, 0.4) is 0 Å². The molecule has 0 aliphatic heterocycles. The zero-order valence-corrected chi connectivity index (χ0v) is 14.9. The second kappa shape index (κ2) is 8.40. The minimum Gasteiger partial charge on any atom is -0.329 e. The fraction of sp³-hybridized carbons (Fsp3) is 0.733. The number of halogens is 1. The van der Waals surface area contributed by atoms with Crippen molar-refractivity contribution in [1.82, 2.24) is 4.90 Å². The summed E-state index contributed by atoms with van der Waals surface area (Å²) >= 11 is 5.37. The fourth-order valence-electron chi connectivity index (χ4n) is 2.63. The summed E-state index contributed by atoms with van der Waals surface area (Å²) in [5.41, 5.74) is 6.09. The first-order valence-corrected chi connectivity index (χ1v) is 8.85. The summed E-state index contributed by atoms with van der Waals surface area (Å²) in [7, 11) is 0. The van der Waals surface area contributed by atoms with Crippen molar-refractivity contribution in [2.24, 2.45) is 11.7 Å². The Morgan fingerprint density at radius 3 is 2.26 bits per heavy atom. The minimum atomic E-state index is 0.351. The Hall–Kier alpha value is 0.1000. The van der Waals surface area contributed by atoms with Crippen LogP contribution in [0, 0.1) is 5.92 Å². The first-order chi connectivity index (χ1) is 9.03. The monoisotopic (exact) mass is 346 g/mol. The van der Waals surface area contributed by atoms with Crippen LogP contribution in [0.2, 0.25) is 0 Å². The third kappa shape index (κ3) is 4.85. The smallest absolute Gasteiger partial charge is 0.0702 e. The van der Waals surface area contributed by atoms with Crippen LogP contribution in [0.15, 0.2) is 15.9 Å². The van der Waals surface area contributed by atoms with Gasteiger partial charge in [0, 0.05) is 24.0 Å². The van der Waals surface area contributed by atoms with E-state index >= 15 is 0 Å². The maximum atomic E-state index is 6.09. The van der Waals surface area contributed by atoms with Crippen LogP contribution in [0.4, 0.5) is 0 Å². The first-order valence-electron chi connectivity index (χ1n) is 7.24. The Labute approximate surface area is 130 Å². The van der Waals surface area contributed by atoms with Crippen LogP contribution in [0.5, 0.6) is 0 Å². The highest BCUT2D eigenvalue weighted by atomic mass is 79.9. The maximum Gasteiger partial charge on any atom is 0.0702 e. The lowest BCUT2D eigenvalue weighted by Gasteiger charge is -2.37. The van der Waals surface area contributed by atoms with Gasteiger partial charge in [-0.25, -0.2) is 0 Å². The number of nitrogens with zero attached hydrogens (tertiary/aromatic N) is 1. The molecule has 19 heavy (non-hydrogen) atoms. The second-order valence-electron chi connectivity index (χ2n) is 5.45. The van der Waals surface area contributed by atoms with Crippen molar-refractivity contribution in [2.75, 3.05) is 13.1 Å². The molecule has 2 N–H and O–H groups in total. The molecule has 0 aromatic carbocycles. The van der Waals surface area contributed by atoms with Gasteiger partial charge in [0.2, 0.25) is 0 Å². The van der Waals surface area contributed by atoms with E-state index in [0.717, 1.165) is 6.54 Å². The molecule has 2 nitrogen and oxygen atoms in total. The summed E-state index contributed by atoms with van der Waals surface area (Å²) in [6, 6.07) is 5.31. The van der Waals surface area contributed by atoms with Gasteiger partial charge in [-0.3, -0.25) is 4.90 Å². The van der Waals surface area contributed by atoms with Gasteiger partial charge in [-0.15, -0.1) is 11.3 Å². The normalized spacial score (nSPS) is 13.7. The van der Waals surface area contributed by atoms with E-state index in [1.165, 1.54) is 21.5 Å². The molecule has 110 valence electrons. The molecule has 4 heteroatoms. The highest BCUT2D eigenvalue weighted by Crippen LogP contribution is 2.32. The van der Waals surface area contributed by atoms with E-state index in [2.05, 4.69) is 60.7 Å². The topological polar surface area (TPSA) is 29.3 Å². The van der Waals surface area contributed by atoms with Gasteiger partial charge in [-0.1, -0.05) is 27.7 Å². The lowest BCUT2D eigenvalue weighted by Crippen LogP contribution is -2.42. The van der Waals surface area contributed by atoms with Gasteiger partial charge < -0.3 is 5.73 Å². The fourth-order valence-corrected chi connectivity index (χ4v) is 4.19. The van der Waals surface area contributed by atoms with Crippen LogP contribution in [-0.2, 0) is 0 Å². The largest absolute Gasteiger partial charge is 0.329 e. The van der Waals surface area contributed by atoms with Crippen molar-refractivity contribution in [3.63, 3.8) is 0 Å². The molecule has 0 amide bonds. The number of hydrogen-bond acceptors (Lipinski definition) is 3. The molecule has 0 radical (unpaired) electrons. The molecule has 0 aliphatic carbocycles. The van der Waals surface area contributed by atoms with Crippen molar-refractivity contribution in [3.05, 3.63) is 20.8 Å². The molecule has 1 heterocycles. The molecule has 0 saturated heterocycles. The molecule has 1 aromatic rings. The van der Waals surface area contributed by atoms with E-state index in [9.17, 15) is 0 Å². The predicted molar refractivity (Wildman–Crippen MR) is 89.7 cm³/mol. The molecule has 1 atom stereocenters. The number of nitrogens with two attached hydrogens (primary N) is 1. The molecule has 0 spiro atoms. The summed E-state index contributed by atoms with van der Waals surface area (Å²) in [5.74, 6) is 0.665. The molecule has 1 unspecified atom stereocenters. The van der Waals surface area contributed by atoms with Gasteiger partial charge in [-0.2, -0.15) is 0 Å². The highest BCUT2D eigenvalue weighted by molar-refractivity contribution is 9.11. The van der Waals surface area contributed by atoms with E-state index in [1.807, 2.05) is 11.3 Å². The average molecular weight is 347 g/mol. The Morgan fingerprint density at radius 2 is 1.89 bits per heavy atom. The van der Waals surface area contributed by atoms with Crippen LogP contribution in [0.25, 0.3) is 0 Å². The Kier molecular flexibility index (Phi) is 7.58. The summed E-state index contributed by atoms with van der Waals surface area (Å²) in [6.07, 6.45) is 2.37. The molecular formula is C15H27BrN2S. The van der Waals surface area contributed by atoms with Gasteiger partial charge in [-0.05, 0) is 46.8 Å². The van der Waals surface area contributed by atoms with Crippen molar-refractivity contribution >= 4 is 27.3 Å². The van der Waals surface area contributed by atoms with Gasteiger partial charge in [0.25, 0.3) is 0 Å². The summed E-state index contributed by atoms with van der Waals surface area (Å²) < 4.78 is 1.19. The van der Waals surface area contributed by atoms with E-state index in [-0.39, 0.29) is 0 Å².